The number of carbonyl (C=O) groups excluding carboxylic acids is 1. The number of methoxy groups -OCH3 is 1. The summed E-state index contributed by atoms with van der Waals surface area (Å²) in [5.74, 6) is 0.0265. The number of sulfone groups is 1. The first-order valence-corrected chi connectivity index (χ1v) is 7.59. The molecule has 0 spiro atoms. The highest BCUT2D eigenvalue weighted by Crippen LogP contribution is 2.36. The predicted molar refractivity (Wildman–Crippen MR) is 65.2 cm³/mol. The molecule has 0 saturated heterocycles. The largest absolute Gasteiger partial charge is 0.465 e. The first-order valence-electron chi connectivity index (χ1n) is 5.06. The van der Waals surface area contributed by atoms with Gasteiger partial charge in [-0.2, -0.15) is 0 Å². The second kappa shape index (κ2) is 4.34. The Morgan fingerprint density at radius 3 is 2.82 bits per heavy atom. The number of hydrogen-bond donors (Lipinski definition) is 0. The van der Waals surface area contributed by atoms with E-state index >= 15 is 0 Å². The molecule has 1 aliphatic heterocycles. The summed E-state index contributed by atoms with van der Waals surface area (Å²) in [6.45, 7) is 1.68. The van der Waals surface area contributed by atoms with Crippen molar-refractivity contribution < 1.29 is 17.9 Å². The van der Waals surface area contributed by atoms with Crippen molar-refractivity contribution in [3.63, 3.8) is 0 Å². The second-order valence-electron chi connectivity index (χ2n) is 3.82. The lowest BCUT2D eigenvalue weighted by atomic mass is 10.2. The molecule has 0 fully saturated rings. The van der Waals surface area contributed by atoms with Crippen molar-refractivity contribution in [3.8, 4) is 0 Å². The van der Waals surface area contributed by atoms with E-state index in [1.165, 1.54) is 24.9 Å². The van der Waals surface area contributed by atoms with E-state index in [0.29, 0.717) is 10.6 Å². The molecule has 0 bridgehead atoms. The Bertz CT molecular complexity index is 563. The molecule has 6 heteroatoms. The molecule has 0 N–H and O–H groups in total. The highest BCUT2D eigenvalue weighted by atomic mass is 32.2. The van der Waals surface area contributed by atoms with Gasteiger partial charge in [0, 0.05) is 10.6 Å². The molecular weight excluding hydrogens is 260 g/mol. The molecular formula is C11H12O4S2. The SMILES string of the molecule is COC(=O)c1ccc2c(c1)S(=O)(=O)C(C)CS2. The van der Waals surface area contributed by atoms with Crippen LogP contribution in [-0.2, 0) is 14.6 Å². The van der Waals surface area contributed by atoms with Gasteiger partial charge in [-0.3, -0.25) is 0 Å². The van der Waals surface area contributed by atoms with Crippen LogP contribution in [0.5, 0.6) is 0 Å². The highest BCUT2D eigenvalue weighted by Gasteiger charge is 2.31. The van der Waals surface area contributed by atoms with Gasteiger partial charge in [0.2, 0.25) is 0 Å². The number of benzene rings is 1. The van der Waals surface area contributed by atoms with Crippen LogP contribution in [-0.4, -0.2) is 32.5 Å². The summed E-state index contributed by atoms with van der Waals surface area (Å²) in [7, 11) is -2.04. The third kappa shape index (κ3) is 2.07. The minimum Gasteiger partial charge on any atom is -0.465 e. The molecule has 92 valence electrons. The highest BCUT2D eigenvalue weighted by molar-refractivity contribution is 8.03. The van der Waals surface area contributed by atoms with E-state index in [9.17, 15) is 13.2 Å². The smallest absolute Gasteiger partial charge is 0.337 e. The average Bonchev–Trinajstić information content (AvgIpc) is 2.33. The zero-order chi connectivity index (χ0) is 12.6. The summed E-state index contributed by atoms with van der Waals surface area (Å²) in [5.41, 5.74) is 0.268. The number of esters is 1. The lowest BCUT2D eigenvalue weighted by molar-refractivity contribution is 0.0600. The first kappa shape index (κ1) is 12.4. The van der Waals surface area contributed by atoms with Gasteiger partial charge >= 0.3 is 5.97 Å². The third-order valence-electron chi connectivity index (χ3n) is 2.67. The van der Waals surface area contributed by atoms with Gasteiger partial charge in [0.1, 0.15) is 0 Å². The number of ether oxygens (including phenoxy) is 1. The van der Waals surface area contributed by atoms with Crippen LogP contribution in [0.4, 0.5) is 0 Å². The van der Waals surface area contributed by atoms with Crippen LogP contribution < -0.4 is 0 Å². The Balaban J connectivity index is 2.58. The zero-order valence-electron chi connectivity index (χ0n) is 9.47. The molecule has 0 aliphatic carbocycles. The number of thioether (sulfide) groups is 1. The summed E-state index contributed by atoms with van der Waals surface area (Å²) in [4.78, 5) is 12.3. The van der Waals surface area contributed by atoms with Crippen LogP contribution in [0.3, 0.4) is 0 Å². The molecule has 1 aromatic rings. The maximum absolute atomic E-state index is 12.1. The Morgan fingerprint density at radius 2 is 2.18 bits per heavy atom. The van der Waals surface area contributed by atoms with Crippen molar-refractivity contribution in [1.29, 1.82) is 0 Å². The second-order valence-corrected chi connectivity index (χ2v) is 7.22. The molecule has 2 rings (SSSR count). The summed E-state index contributed by atoms with van der Waals surface area (Å²) in [6, 6.07) is 4.65. The van der Waals surface area contributed by atoms with Crippen LogP contribution in [0.1, 0.15) is 17.3 Å². The monoisotopic (exact) mass is 272 g/mol. The van der Waals surface area contributed by atoms with Crippen molar-refractivity contribution in [3.05, 3.63) is 23.8 Å². The minimum absolute atomic E-state index is 0.240. The molecule has 1 heterocycles. The quantitative estimate of drug-likeness (QED) is 0.729. The number of rotatable bonds is 1. The topological polar surface area (TPSA) is 60.4 Å². The van der Waals surface area contributed by atoms with Gasteiger partial charge in [-0.1, -0.05) is 0 Å². The van der Waals surface area contributed by atoms with Crippen molar-refractivity contribution in [2.75, 3.05) is 12.9 Å². The lowest BCUT2D eigenvalue weighted by Crippen LogP contribution is -2.25. The van der Waals surface area contributed by atoms with E-state index in [-0.39, 0.29) is 10.5 Å². The van der Waals surface area contributed by atoms with Crippen molar-refractivity contribution >= 4 is 27.6 Å². The van der Waals surface area contributed by atoms with E-state index < -0.39 is 21.1 Å². The maximum atomic E-state index is 12.1. The normalized spacial score (nSPS) is 21.6. The van der Waals surface area contributed by atoms with E-state index in [2.05, 4.69) is 4.74 Å². The fraction of sp³-hybridized carbons (Fsp3) is 0.364. The van der Waals surface area contributed by atoms with Gasteiger partial charge in [0.25, 0.3) is 0 Å². The Kier molecular flexibility index (Phi) is 3.18. The van der Waals surface area contributed by atoms with E-state index in [1.54, 1.807) is 19.1 Å². The number of fused-ring (bicyclic) bond motifs is 1. The van der Waals surface area contributed by atoms with Crippen molar-refractivity contribution in [2.24, 2.45) is 0 Å². The van der Waals surface area contributed by atoms with Gasteiger partial charge in [-0.25, -0.2) is 13.2 Å². The Morgan fingerprint density at radius 1 is 1.47 bits per heavy atom. The van der Waals surface area contributed by atoms with Crippen LogP contribution in [0.15, 0.2) is 28.0 Å². The minimum atomic E-state index is -3.31. The standard InChI is InChI=1S/C11H12O4S2/c1-7-6-16-9-4-3-8(11(12)15-2)5-10(9)17(7,13)14/h3-5,7H,6H2,1-2H3. The fourth-order valence-electron chi connectivity index (χ4n) is 1.61. The molecule has 17 heavy (non-hydrogen) atoms. The Labute approximate surface area is 104 Å². The molecule has 1 aliphatic rings. The van der Waals surface area contributed by atoms with Crippen molar-refractivity contribution in [1.82, 2.24) is 0 Å². The lowest BCUT2D eigenvalue weighted by Gasteiger charge is -2.21. The van der Waals surface area contributed by atoms with E-state index in [1.807, 2.05) is 0 Å². The third-order valence-corrected chi connectivity index (χ3v) is 6.53. The molecule has 0 radical (unpaired) electrons. The van der Waals surface area contributed by atoms with Gasteiger partial charge in [-0.05, 0) is 25.1 Å². The molecule has 0 aromatic heterocycles. The van der Waals surface area contributed by atoms with Gasteiger partial charge in [0.05, 0.1) is 22.8 Å². The van der Waals surface area contributed by atoms with Crippen molar-refractivity contribution in [2.45, 2.75) is 22.0 Å². The van der Waals surface area contributed by atoms with Crippen LogP contribution in [0.2, 0.25) is 0 Å². The van der Waals surface area contributed by atoms with Gasteiger partial charge in [0.15, 0.2) is 9.84 Å². The van der Waals surface area contributed by atoms with Gasteiger partial charge < -0.3 is 4.74 Å². The summed E-state index contributed by atoms with van der Waals surface area (Å²) in [5, 5.41) is -0.423. The van der Waals surface area contributed by atoms with Crippen LogP contribution in [0.25, 0.3) is 0 Å². The summed E-state index contributed by atoms with van der Waals surface area (Å²) < 4.78 is 28.8. The predicted octanol–water partition coefficient (Wildman–Crippen LogP) is 1.74. The molecule has 1 unspecified atom stereocenters. The summed E-state index contributed by atoms with van der Waals surface area (Å²) in [6.07, 6.45) is 0. The number of hydrogen-bond acceptors (Lipinski definition) is 5. The van der Waals surface area contributed by atoms with E-state index in [0.717, 1.165) is 0 Å². The van der Waals surface area contributed by atoms with Crippen LogP contribution >= 0.6 is 11.8 Å². The average molecular weight is 272 g/mol. The van der Waals surface area contributed by atoms with Gasteiger partial charge in [-0.15, -0.1) is 11.8 Å². The Hall–Kier alpha value is -1.01. The van der Waals surface area contributed by atoms with Crippen LogP contribution in [0, 0.1) is 0 Å². The molecule has 1 aromatic carbocycles. The molecule has 4 nitrogen and oxygen atoms in total. The maximum Gasteiger partial charge on any atom is 0.337 e. The fourth-order valence-corrected chi connectivity index (χ4v) is 4.91. The zero-order valence-corrected chi connectivity index (χ0v) is 11.1. The molecule has 0 amide bonds. The summed E-state index contributed by atoms with van der Waals surface area (Å²) >= 11 is 1.50. The number of carbonyl (C=O) groups is 1. The first-order chi connectivity index (χ1) is 7.96. The van der Waals surface area contributed by atoms with E-state index in [4.69, 9.17) is 0 Å². The molecule has 0 saturated carbocycles. The molecule has 1 atom stereocenters.